The van der Waals surface area contributed by atoms with Crippen LogP contribution in [0.5, 0.6) is 0 Å². The van der Waals surface area contributed by atoms with Gasteiger partial charge in [0, 0.05) is 6.20 Å². The molecule has 72 valence electrons. The van der Waals surface area contributed by atoms with Gasteiger partial charge in [-0.05, 0) is 18.1 Å². The smallest absolute Gasteiger partial charge is 0.248 e. The Morgan fingerprint density at radius 3 is 2.57 bits per heavy atom. The fourth-order valence-electron chi connectivity index (χ4n) is 0.647. The van der Waals surface area contributed by atoms with Gasteiger partial charge < -0.3 is 0 Å². The molecule has 0 aromatic carbocycles. The molecule has 0 saturated carbocycles. The van der Waals surface area contributed by atoms with E-state index in [1.807, 2.05) is 5.92 Å². The highest BCUT2D eigenvalue weighted by atomic mass is 19.4. The zero-order chi connectivity index (χ0) is 10.6. The van der Waals surface area contributed by atoms with Crippen molar-refractivity contribution in [2.75, 3.05) is 0 Å². The summed E-state index contributed by atoms with van der Waals surface area (Å²) in [6, 6.07) is 4.83. The first-order valence-corrected chi connectivity index (χ1v) is 3.69. The molecule has 0 saturated heterocycles. The van der Waals surface area contributed by atoms with E-state index >= 15 is 0 Å². The highest BCUT2D eigenvalue weighted by molar-refractivity contribution is 5.37. The Balaban J connectivity index is 2.80. The number of hydrogen-bond acceptors (Lipinski definition) is 1. The monoisotopic (exact) mass is 197 g/mol. The summed E-state index contributed by atoms with van der Waals surface area (Å²) < 4.78 is 35.8. The topological polar surface area (TPSA) is 12.9 Å². The van der Waals surface area contributed by atoms with Gasteiger partial charge >= 0.3 is 6.18 Å². The second-order valence-electron chi connectivity index (χ2n) is 2.44. The van der Waals surface area contributed by atoms with Crippen molar-refractivity contribution in [3.8, 4) is 11.8 Å². The summed E-state index contributed by atoms with van der Waals surface area (Å²) >= 11 is 0. The van der Waals surface area contributed by atoms with Crippen LogP contribution < -0.4 is 0 Å². The molecule has 0 bridgehead atoms. The van der Waals surface area contributed by atoms with Crippen LogP contribution in [-0.4, -0.2) is 11.2 Å². The first kappa shape index (κ1) is 10.3. The van der Waals surface area contributed by atoms with Gasteiger partial charge in [0.05, 0.1) is 5.57 Å². The second-order valence-corrected chi connectivity index (χ2v) is 2.44. The van der Waals surface area contributed by atoms with Crippen LogP contribution in [0.3, 0.4) is 0 Å². The number of allylic oxidation sites excluding steroid dienone is 1. The van der Waals surface area contributed by atoms with Crippen LogP contribution in [0.2, 0.25) is 0 Å². The third-order valence-electron chi connectivity index (χ3n) is 1.35. The van der Waals surface area contributed by atoms with Crippen molar-refractivity contribution in [2.24, 2.45) is 0 Å². The molecule has 0 fully saturated rings. The zero-order valence-corrected chi connectivity index (χ0v) is 7.10. The molecular weight excluding hydrogens is 191 g/mol. The molecule has 1 nitrogen and oxygen atoms in total. The van der Waals surface area contributed by atoms with Crippen LogP contribution in [0.15, 0.2) is 36.5 Å². The van der Waals surface area contributed by atoms with E-state index in [0.29, 0.717) is 0 Å². The average Bonchev–Trinajstić information content (AvgIpc) is 2.14. The number of rotatable bonds is 0. The summed E-state index contributed by atoms with van der Waals surface area (Å²) in [5.41, 5.74) is -0.777. The molecule has 1 aromatic rings. The normalized spacial score (nSPS) is 10.2. The molecule has 1 heterocycles. The number of aromatic nitrogens is 1. The summed E-state index contributed by atoms with van der Waals surface area (Å²) in [6.07, 6.45) is -3.00. The van der Waals surface area contributed by atoms with Crippen LogP contribution >= 0.6 is 0 Å². The highest BCUT2D eigenvalue weighted by Crippen LogP contribution is 2.22. The van der Waals surface area contributed by atoms with Crippen molar-refractivity contribution in [3.05, 3.63) is 42.2 Å². The third-order valence-corrected chi connectivity index (χ3v) is 1.35. The van der Waals surface area contributed by atoms with Gasteiger partial charge in [0.2, 0.25) is 0 Å². The van der Waals surface area contributed by atoms with Crippen molar-refractivity contribution >= 4 is 0 Å². The lowest BCUT2D eigenvalue weighted by molar-refractivity contribution is -0.0868. The molecule has 0 aliphatic rings. The Bertz CT molecular complexity index is 381. The standard InChI is InChI=1S/C10H6F3N/c1-8(10(11,12)13)5-6-9-4-2-3-7-14-9/h2-4,7H,1H2. The number of hydrogen-bond donors (Lipinski definition) is 0. The van der Waals surface area contributed by atoms with E-state index in [2.05, 4.69) is 17.5 Å². The number of alkyl halides is 3. The number of pyridine rings is 1. The zero-order valence-electron chi connectivity index (χ0n) is 7.10. The molecule has 0 amide bonds. The van der Waals surface area contributed by atoms with Gasteiger partial charge in [-0.2, -0.15) is 13.2 Å². The molecule has 0 unspecified atom stereocenters. The van der Waals surface area contributed by atoms with Crippen molar-refractivity contribution < 1.29 is 13.2 Å². The predicted molar refractivity (Wildman–Crippen MR) is 46.3 cm³/mol. The van der Waals surface area contributed by atoms with Crippen LogP contribution in [0.1, 0.15) is 5.69 Å². The van der Waals surface area contributed by atoms with Gasteiger partial charge in [0.15, 0.2) is 0 Å². The number of halogens is 3. The molecule has 4 heteroatoms. The highest BCUT2D eigenvalue weighted by Gasteiger charge is 2.30. The summed E-state index contributed by atoms with van der Waals surface area (Å²) in [6.45, 7) is 2.81. The Morgan fingerprint density at radius 1 is 1.36 bits per heavy atom. The van der Waals surface area contributed by atoms with Gasteiger partial charge in [0.1, 0.15) is 5.69 Å². The van der Waals surface area contributed by atoms with Gasteiger partial charge in [-0.15, -0.1) is 0 Å². The molecule has 14 heavy (non-hydrogen) atoms. The summed E-state index contributed by atoms with van der Waals surface area (Å²) in [5, 5.41) is 0. The van der Waals surface area contributed by atoms with E-state index in [-0.39, 0.29) is 5.69 Å². The molecule has 0 aliphatic carbocycles. The Labute approximate surface area is 79.3 Å². The van der Waals surface area contributed by atoms with Gasteiger partial charge in [-0.25, -0.2) is 4.98 Å². The minimum Gasteiger partial charge on any atom is -0.248 e. The maximum Gasteiger partial charge on any atom is 0.423 e. The van der Waals surface area contributed by atoms with E-state index in [9.17, 15) is 13.2 Å². The first-order valence-electron chi connectivity index (χ1n) is 3.69. The van der Waals surface area contributed by atoms with E-state index in [1.165, 1.54) is 12.3 Å². The second kappa shape index (κ2) is 3.97. The Hall–Kier alpha value is -1.76. The van der Waals surface area contributed by atoms with Crippen LogP contribution in [0, 0.1) is 11.8 Å². The fraction of sp³-hybridized carbons (Fsp3) is 0.100. The van der Waals surface area contributed by atoms with Crippen LogP contribution in [-0.2, 0) is 0 Å². The first-order chi connectivity index (χ1) is 6.50. The predicted octanol–water partition coefficient (Wildman–Crippen LogP) is 2.55. The van der Waals surface area contributed by atoms with Gasteiger partial charge in [0.25, 0.3) is 0 Å². The van der Waals surface area contributed by atoms with Crippen LogP contribution in [0.4, 0.5) is 13.2 Å². The summed E-state index contributed by atoms with van der Waals surface area (Å²) in [5.74, 6) is 4.18. The lowest BCUT2D eigenvalue weighted by Crippen LogP contribution is -2.08. The average molecular weight is 197 g/mol. The fourth-order valence-corrected chi connectivity index (χ4v) is 0.647. The van der Waals surface area contributed by atoms with Gasteiger partial charge in [-0.3, -0.25) is 0 Å². The largest absolute Gasteiger partial charge is 0.423 e. The third kappa shape index (κ3) is 2.94. The molecule has 1 aromatic heterocycles. The molecule has 0 N–H and O–H groups in total. The lowest BCUT2D eigenvalue weighted by atomic mass is 10.3. The van der Waals surface area contributed by atoms with Crippen molar-refractivity contribution in [3.63, 3.8) is 0 Å². The minimum absolute atomic E-state index is 0.290. The molecule has 0 atom stereocenters. The van der Waals surface area contributed by atoms with E-state index in [1.54, 1.807) is 12.1 Å². The van der Waals surface area contributed by atoms with Crippen molar-refractivity contribution in [1.29, 1.82) is 0 Å². The molecule has 0 spiro atoms. The quantitative estimate of drug-likeness (QED) is 0.582. The molecule has 1 rings (SSSR count). The van der Waals surface area contributed by atoms with Gasteiger partial charge in [-0.1, -0.05) is 18.6 Å². The maximum atomic E-state index is 11.9. The Kier molecular flexibility index (Phi) is 2.92. The maximum absolute atomic E-state index is 11.9. The molecular formula is C10H6F3N. The van der Waals surface area contributed by atoms with E-state index in [4.69, 9.17) is 0 Å². The Morgan fingerprint density at radius 2 is 2.07 bits per heavy atom. The lowest BCUT2D eigenvalue weighted by Gasteiger charge is -2.01. The molecule has 0 radical (unpaired) electrons. The SMILES string of the molecule is C=C(C#Cc1ccccn1)C(F)(F)F. The van der Waals surface area contributed by atoms with Crippen molar-refractivity contribution in [1.82, 2.24) is 4.98 Å². The van der Waals surface area contributed by atoms with Crippen LogP contribution in [0.25, 0.3) is 0 Å². The summed E-state index contributed by atoms with van der Waals surface area (Å²) in [4.78, 5) is 3.75. The number of nitrogens with zero attached hydrogens (tertiary/aromatic N) is 1. The minimum atomic E-state index is -4.46. The molecule has 0 aliphatic heterocycles. The van der Waals surface area contributed by atoms with E-state index < -0.39 is 11.7 Å². The van der Waals surface area contributed by atoms with Crippen molar-refractivity contribution in [2.45, 2.75) is 6.18 Å². The summed E-state index contributed by atoms with van der Waals surface area (Å²) in [7, 11) is 0. The van der Waals surface area contributed by atoms with E-state index in [0.717, 1.165) is 0 Å².